The first-order valence-electron chi connectivity index (χ1n) is 9.84. The van der Waals surface area contributed by atoms with Crippen LogP contribution in [-0.2, 0) is 4.79 Å². The van der Waals surface area contributed by atoms with E-state index >= 15 is 0 Å². The van der Waals surface area contributed by atoms with Gasteiger partial charge in [-0.15, -0.1) is 5.10 Å². The average Bonchev–Trinajstić information content (AvgIpc) is 3.31. The molecule has 3 aromatic carbocycles. The highest BCUT2D eigenvalue weighted by molar-refractivity contribution is 6.15. The van der Waals surface area contributed by atoms with Gasteiger partial charge < -0.3 is 4.74 Å². The third-order valence-electron chi connectivity index (χ3n) is 5.12. The molecule has 4 aromatic rings. The van der Waals surface area contributed by atoms with Gasteiger partial charge in [-0.3, -0.25) is 9.59 Å². The molecule has 2 atom stereocenters. The fraction of sp³-hybridized carbons (Fsp3) is 0.0833. The second kappa shape index (κ2) is 7.87. The van der Waals surface area contributed by atoms with Crippen LogP contribution >= 0.6 is 0 Å². The third kappa shape index (κ3) is 3.46. The van der Waals surface area contributed by atoms with Crippen molar-refractivity contribution in [2.24, 2.45) is 0 Å². The van der Waals surface area contributed by atoms with E-state index in [9.17, 15) is 9.59 Å². The summed E-state index contributed by atoms with van der Waals surface area (Å²) in [7, 11) is 0. The van der Waals surface area contributed by atoms with Gasteiger partial charge >= 0.3 is 0 Å². The summed E-state index contributed by atoms with van der Waals surface area (Å²) in [6, 6.07) is 26.5. The van der Waals surface area contributed by atoms with E-state index in [1.165, 1.54) is 9.80 Å². The quantitative estimate of drug-likeness (QED) is 0.361. The Morgan fingerprint density at radius 1 is 0.839 bits per heavy atom. The summed E-state index contributed by atoms with van der Waals surface area (Å²) in [6.07, 6.45) is 0.691. The maximum absolute atomic E-state index is 13.3. The van der Waals surface area contributed by atoms with Crippen molar-refractivity contribution in [1.29, 1.82) is 0 Å². The van der Waals surface area contributed by atoms with Crippen molar-refractivity contribution in [3.63, 3.8) is 0 Å². The molecule has 1 aromatic heterocycles. The zero-order valence-electron chi connectivity index (χ0n) is 16.4. The Bertz CT molecular complexity index is 1210. The maximum Gasteiger partial charge on any atom is 0.287 e. The Hall–Kier alpha value is -4.26. The largest absolute Gasteiger partial charge is 0.478 e. The molecule has 1 amide bonds. The van der Waals surface area contributed by atoms with Crippen LogP contribution in [-0.4, -0.2) is 38.9 Å². The van der Waals surface area contributed by atoms with Gasteiger partial charge in [0.1, 0.15) is 11.4 Å². The number of amides is 1. The number of hydrogen-bond acceptors (Lipinski definition) is 5. The Morgan fingerprint density at radius 3 is 2.13 bits per heavy atom. The van der Waals surface area contributed by atoms with Crippen LogP contribution in [0.2, 0.25) is 0 Å². The summed E-state index contributed by atoms with van der Waals surface area (Å²) >= 11 is 0. The molecule has 0 unspecified atom stereocenters. The monoisotopic (exact) mass is 410 g/mol. The third-order valence-corrected chi connectivity index (χ3v) is 5.12. The lowest BCUT2D eigenvalue weighted by molar-refractivity contribution is -0.136. The van der Waals surface area contributed by atoms with Crippen molar-refractivity contribution in [2.45, 2.75) is 12.1 Å². The molecular weight excluding hydrogens is 392 g/mol. The Kier molecular flexibility index (Phi) is 4.76. The first-order valence-corrected chi connectivity index (χ1v) is 9.84. The van der Waals surface area contributed by atoms with Gasteiger partial charge in [0.05, 0.1) is 6.20 Å². The van der Waals surface area contributed by atoms with E-state index in [1.54, 1.807) is 42.6 Å². The van der Waals surface area contributed by atoms with Gasteiger partial charge in [0.2, 0.25) is 6.10 Å². The molecule has 2 heterocycles. The summed E-state index contributed by atoms with van der Waals surface area (Å²) in [5.74, 6) is -0.0598. The van der Waals surface area contributed by atoms with Crippen LogP contribution in [0.15, 0.2) is 97.2 Å². The minimum absolute atomic E-state index is 0.224. The number of nitrogens with zero attached hydrogens (tertiary/aromatic N) is 4. The van der Waals surface area contributed by atoms with E-state index in [0.29, 0.717) is 17.0 Å². The molecule has 1 aliphatic heterocycles. The minimum Gasteiger partial charge on any atom is -0.478 e. The summed E-state index contributed by atoms with van der Waals surface area (Å²) < 4.78 is 5.89. The Morgan fingerprint density at radius 2 is 1.45 bits per heavy atom. The van der Waals surface area contributed by atoms with E-state index in [-0.39, 0.29) is 11.7 Å². The highest BCUT2D eigenvalue weighted by Crippen LogP contribution is 2.28. The zero-order chi connectivity index (χ0) is 21.2. The molecule has 31 heavy (non-hydrogen) atoms. The second-order valence-electron chi connectivity index (χ2n) is 7.10. The molecule has 7 heteroatoms. The molecule has 7 nitrogen and oxygen atoms in total. The van der Waals surface area contributed by atoms with Gasteiger partial charge in [-0.1, -0.05) is 78.9 Å². The lowest BCUT2D eigenvalue weighted by Crippen LogP contribution is -2.74. The van der Waals surface area contributed by atoms with E-state index in [4.69, 9.17) is 4.74 Å². The molecule has 0 N–H and O–H groups in total. The van der Waals surface area contributed by atoms with Crippen LogP contribution < -0.4 is 9.75 Å². The highest BCUT2D eigenvalue weighted by atomic mass is 16.5. The molecule has 1 saturated heterocycles. The van der Waals surface area contributed by atoms with Gasteiger partial charge in [0.25, 0.3) is 5.91 Å². The lowest BCUT2D eigenvalue weighted by atomic mass is 9.91. The predicted molar refractivity (Wildman–Crippen MR) is 114 cm³/mol. The molecule has 0 radical (unpaired) electrons. The minimum atomic E-state index is -0.945. The van der Waals surface area contributed by atoms with Crippen LogP contribution in [0.4, 0.5) is 0 Å². The maximum atomic E-state index is 13.3. The predicted octanol–water partition coefficient (Wildman–Crippen LogP) is 3.12. The van der Waals surface area contributed by atoms with Crippen LogP contribution in [0.3, 0.4) is 0 Å². The summed E-state index contributed by atoms with van der Waals surface area (Å²) in [6.45, 7) is 0. The molecule has 1 aliphatic rings. The average molecular weight is 410 g/mol. The summed E-state index contributed by atoms with van der Waals surface area (Å²) in [5.41, 5.74) is 1.96. The molecular formula is C24H18N4O3. The number of rotatable bonds is 6. The van der Waals surface area contributed by atoms with Crippen molar-refractivity contribution >= 4 is 11.7 Å². The number of carbonyl (C=O) groups is 2. The van der Waals surface area contributed by atoms with Gasteiger partial charge in [-0.2, -0.15) is 4.79 Å². The number of benzene rings is 3. The molecule has 0 bridgehead atoms. The number of ketones is 1. The van der Waals surface area contributed by atoms with Gasteiger partial charge in [0.15, 0.2) is 11.8 Å². The van der Waals surface area contributed by atoms with Crippen molar-refractivity contribution < 1.29 is 14.3 Å². The Labute approximate surface area is 178 Å². The molecule has 1 fully saturated rings. The second-order valence-corrected chi connectivity index (χ2v) is 7.10. The number of para-hydroxylation sites is 1. The zero-order valence-corrected chi connectivity index (χ0v) is 16.4. The van der Waals surface area contributed by atoms with Crippen LogP contribution in [0.5, 0.6) is 5.75 Å². The number of Topliss-reactive ketones (excluding diaryl/α,β-unsaturated/α-hetero) is 1. The molecule has 0 aliphatic carbocycles. The van der Waals surface area contributed by atoms with Gasteiger partial charge in [-0.25, -0.2) is 5.01 Å². The number of hydrogen-bond donors (Lipinski definition) is 0. The molecule has 152 valence electrons. The summed E-state index contributed by atoms with van der Waals surface area (Å²) in [5, 5.41) is 9.56. The van der Waals surface area contributed by atoms with Crippen molar-refractivity contribution in [3.05, 3.63) is 103 Å². The molecule has 0 saturated carbocycles. The fourth-order valence-corrected chi connectivity index (χ4v) is 3.56. The Balaban J connectivity index is 1.48. The van der Waals surface area contributed by atoms with Crippen LogP contribution in [0.25, 0.3) is 11.3 Å². The summed E-state index contributed by atoms with van der Waals surface area (Å²) in [4.78, 5) is 27.6. The topological polar surface area (TPSA) is 77.3 Å². The normalized spacial score (nSPS) is 17.8. The number of aromatic nitrogens is 3. The lowest BCUT2D eigenvalue weighted by Gasteiger charge is -2.44. The smallest absolute Gasteiger partial charge is 0.287 e. The van der Waals surface area contributed by atoms with Crippen LogP contribution in [0.1, 0.15) is 10.4 Å². The number of β-lactam (4-membered cyclic amide) rings is 1. The number of ether oxygens (including phenoxy) is 1. The van der Waals surface area contributed by atoms with Crippen molar-refractivity contribution in [3.8, 4) is 17.0 Å². The first kappa shape index (κ1) is 18.7. The SMILES string of the molecule is O=C(c1ccccc1)[C@@H]1[C@@H](Oc2ccccc2)C(=O)N1n1cc(-c2ccccc2)nn1. The number of carbonyl (C=O) groups excluding carboxylic acids is 2. The van der Waals surface area contributed by atoms with Crippen molar-refractivity contribution in [1.82, 2.24) is 15.1 Å². The van der Waals surface area contributed by atoms with E-state index in [2.05, 4.69) is 10.3 Å². The van der Waals surface area contributed by atoms with E-state index < -0.39 is 12.1 Å². The standard InChI is InChI=1S/C24H18N4O3/c29-22(18-12-6-2-7-13-18)21-23(31-19-14-8-3-9-15-19)24(30)28(21)27-16-20(25-26-27)17-10-4-1-5-11-17/h1-16,21,23H/t21-,23-/m1/s1. The first-order chi connectivity index (χ1) is 15.2. The fourth-order valence-electron chi connectivity index (χ4n) is 3.56. The van der Waals surface area contributed by atoms with Gasteiger partial charge in [0, 0.05) is 11.1 Å². The van der Waals surface area contributed by atoms with Crippen molar-refractivity contribution in [2.75, 3.05) is 5.01 Å². The van der Waals surface area contributed by atoms with Crippen LogP contribution in [0, 0.1) is 0 Å². The van der Waals surface area contributed by atoms with E-state index in [0.717, 1.165) is 5.56 Å². The highest BCUT2D eigenvalue weighted by Gasteiger charge is 2.55. The van der Waals surface area contributed by atoms with E-state index in [1.807, 2.05) is 54.6 Å². The van der Waals surface area contributed by atoms with Gasteiger partial charge in [-0.05, 0) is 17.3 Å². The molecule has 0 spiro atoms. The molecule has 5 rings (SSSR count).